The predicted molar refractivity (Wildman–Crippen MR) is 194 cm³/mol. The molecule has 47 heavy (non-hydrogen) atoms. The van der Waals surface area contributed by atoms with Gasteiger partial charge >= 0.3 is 6.09 Å². The van der Waals surface area contributed by atoms with Gasteiger partial charge in [0.2, 0.25) is 0 Å². The van der Waals surface area contributed by atoms with Crippen molar-refractivity contribution in [3.05, 3.63) is 132 Å². The normalized spacial score (nSPS) is 15.3. The summed E-state index contributed by atoms with van der Waals surface area (Å²) < 4.78 is 20.1. The van der Waals surface area contributed by atoms with Crippen molar-refractivity contribution < 1.29 is 18.7 Å². The van der Waals surface area contributed by atoms with Gasteiger partial charge in [-0.25, -0.2) is 4.79 Å². The number of benzene rings is 5. The van der Waals surface area contributed by atoms with E-state index in [1.165, 1.54) is 10.4 Å². The van der Waals surface area contributed by atoms with E-state index in [-0.39, 0.29) is 11.1 Å². The quantitative estimate of drug-likeness (QED) is 0.167. The second kappa shape index (κ2) is 13.0. The summed E-state index contributed by atoms with van der Waals surface area (Å²) in [6.45, 7) is 13.4. The van der Waals surface area contributed by atoms with Crippen LogP contribution < -0.4 is 20.0 Å². The maximum absolute atomic E-state index is 14.1. The minimum atomic E-state index is -2.90. The Morgan fingerprint density at radius 1 is 0.745 bits per heavy atom. The molecule has 0 saturated heterocycles. The van der Waals surface area contributed by atoms with Gasteiger partial charge in [-0.05, 0) is 52.7 Å². The van der Waals surface area contributed by atoms with Crippen LogP contribution >= 0.6 is 0 Å². The van der Waals surface area contributed by atoms with E-state index in [2.05, 4.69) is 106 Å². The Morgan fingerprint density at radius 3 is 1.83 bits per heavy atom. The van der Waals surface area contributed by atoms with Crippen molar-refractivity contribution in [2.24, 2.45) is 0 Å². The molecule has 6 heteroatoms. The highest BCUT2D eigenvalue weighted by molar-refractivity contribution is 6.99. The fourth-order valence-electron chi connectivity index (χ4n) is 6.80. The molecule has 1 unspecified atom stereocenters. The van der Waals surface area contributed by atoms with Crippen LogP contribution in [0.4, 0.5) is 10.5 Å². The predicted octanol–water partition coefficient (Wildman–Crippen LogP) is 8.66. The fraction of sp³-hybridized carbons (Fsp3) is 0.293. The second-order valence-electron chi connectivity index (χ2n) is 14.4. The summed E-state index contributed by atoms with van der Waals surface area (Å²) in [6, 6.07) is 41.8. The third-order valence-electron chi connectivity index (χ3n) is 8.81. The number of hydrogen-bond acceptors (Lipinski definition) is 4. The molecule has 242 valence electrons. The Balaban J connectivity index is 1.48. The molecule has 1 aliphatic heterocycles. The molecular weight excluding hydrogens is 599 g/mol. The molecule has 5 aromatic rings. The van der Waals surface area contributed by atoms with Crippen LogP contribution in [0, 0.1) is 0 Å². The number of carbonyl (C=O) groups is 1. The van der Waals surface area contributed by atoms with Crippen molar-refractivity contribution in [2.75, 3.05) is 11.4 Å². The lowest BCUT2D eigenvalue weighted by molar-refractivity contribution is 0.0553. The van der Waals surface area contributed by atoms with Crippen LogP contribution in [0.25, 0.3) is 10.8 Å². The molecule has 1 aliphatic rings. The van der Waals surface area contributed by atoms with E-state index in [1.54, 1.807) is 4.90 Å². The monoisotopic (exact) mass is 643 g/mol. The van der Waals surface area contributed by atoms with Gasteiger partial charge in [-0.3, -0.25) is 4.90 Å². The molecule has 5 aromatic carbocycles. The van der Waals surface area contributed by atoms with E-state index >= 15 is 0 Å². The number of hydrogen-bond donors (Lipinski definition) is 0. The van der Waals surface area contributed by atoms with Crippen LogP contribution in [-0.2, 0) is 22.2 Å². The summed E-state index contributed by atoms with van der Waals surface area (Å²) in [6.07, 6.45) is -0.0156. The van der Waals surface area contributed by atoms with Crippen LogP contribution in [0.5, 0.6) is 5.75 Å². The van der Waals surface area contributed by atoms with E-state index in [4.69, 9.17) is 13.9 Å². The maximum Gasteiger partial charge on any atom is 0.414 e. The Bertz CT molecular complexity index is 1790. The zero-order valence-electron chi connectivity index (χ0n) is 28.3. The SMILES string of the molecule is CC(C)(C)OC(=O)N1CC(O[Si](c2ccccc2)(c2ccccc2)C(C)(C)C)Cc2c1cc(OCc1ccccc1)c1ccccc21. The van der Waals surface area contributed by atoms with E-state index in [9.17, 15) is 4.79 Å². The summed E-state index contributed by atoms with van der Waals surface area (Å²) >= 11 is 0. The summed E-state index contributed by atoms with van der Waals surface area (Å²) in [7, 11) is -2.90. The van der Waals surface area contributed by atoms with Gasteiger partial charge in [-0.1, -0.05) is 136 Å². The fourth-order valence-corrected chi connectivity index (χ4v) is 11.5. The maximum atomic E-state index is 14.1. The van der Waals surface area contributed by atoms with Crippen molar-refractivity contribution >= 4 is 41.2 Å². The Hall–Kier alpha value is -4.39. The molecule has 0 N–H and O–H groups in total. The highest BCUT2D eigenvalue weighted by Crippen LogP contribution is 2.43. The van der Waals surface area contributed by atoms with Crippen LogP contribution in [-0.4, -0.2) is 32.7 Å². The lowest BCUT2D eigenvalue weighted by atomic mass is 9.93. The summed E-state index contributed by atoms with van der Waals surface area (Å²) in [5.41, 5.74) is 2.29. The highest BCUT2D eigenvalue weighted by Gasteiger charge is 2.52. The van der Waals surface area contributed by atoms with E-state index in [0.29, 0.717) is 19.6 Å². The van der Waals surface area contributed by atoms with Crippen LogP contribution in [0.15, 0.2) is 121 Å². The summed E-state index contributed by atoms with van der Waals surface area (Å²) in [5.74, 6) is 0.739. The zero-order chi connectivity index (χ0) is 33.2. The van der Waals surface area contributed by atoms with Crippen molar-refractivity contribution in [2.45, 2.75) is 71.3 Å². The molecule has 0 aromatic heterocycles. The molecule has 1 heterocycles. The molecule has 0 saturated carbocycles. The molecule has 5 nitrogen and oxygen atoms in total. The van der Waals surface area contributed by atoms with Gasteiger partial charge in [0.25, 0.3) is 8.32 Å². The molecular formula is C41H45NO4Si. The van der Waals surface area contributed by atoms with Gasteiger partial charge in [0.15, 0.2) is 0 Å². The van der Waals surface area contributed by atoms with Gasteiger partial charge in [0.05, 0.1) is 18.3 Å². The van der Waals surface area contributed by atoms with Gasteiger partial charge in [-0.2, -0.15) is 0 Å². The first-order chi connectivity index (χ1) is 22.5. The number of anilines is 1. The minimum Gasteiger partial charge on any atom is -0.488 e. The van der Waals surface area contributed by atoms with Gasteiger partial charge in [0, 0.05) is 17.9 Å². The molecule has 6 rings (SSSR count). The van der Waals surface area contributed by atoms with Crippen molar-refractivity contribution in [3.8, 4) is 5.75 Å². The summed E-state index contributed by atoms with van der Waals surface area (Å²) in [4.78, 5) is 15.8. The first-order valence-electron chi connectivity index (χ1n) is 16.5. The first kappa shape index (κ1) is 32.5. The number of ether oxygens (including phenoxy) is 2. The highest BCUT2D eigenvalue weighted by atomic mass is 28.4. The standard InChI is InChI=1S/C41H45NO4Si/c1-40(2,3)45-39(43)42-28-31(46-47(41(4,5)6,32-20-12-8-13-21-32)33-22-14-9-15-23-33)26-36-34-24-16-17-25-35(34)38(27-37(36)42)44-29-30-18-10-7-11-19-30/h7-25,27,31H,26,28-29H2,1-6H3. The van der Waals surface area contributed by atoms with Gasteiger partial charge in [0.1, 0.15) is 18.0 Å². The number of fused-ring (bicyclic) bond motifs is 3. The Kier molecular flexibility index (Phi) is 9.01. The minimum absolute atomic E-state index is 0.204. The molecule has 0 fully saturated rings. The van der Waals surface area contributed by atoms with Crippen molar-refractivity contribution in [1.29, 1.82) is 0 Å². The van der Waals surface area contributed by atoms with E-state index in [0.717, 1.165) is 33.3 Å². The van der Waals surface area contributed by atoms with Crippen LogP contribution in [0.3, 0.4) is 0 Å². The Labute approximate surface area is 280 Å². The lowest BCUT2D eigenvalue weighted by Crippen LogP contribution is -2.68. The number of nitrogens with zero attached hydrogens (tertiary/aromatic N) is 1. The lowest BCUT2D eigenvalue weighted by Gasteiger charge is -2.47. The largest absolute Gasteiger partial charge is 0.488 e. The zero-order valence-corrected chi connectivity index (χ0v) is 29.3. The molecule has 1 amide bonds. The third-order valence-corrected chi connectivity index (χ3v) is 13.9. The molecule has 0 radical (unpaired) electrons. The van der Waals surface area contributed by atoms with E-state index < -0.39 is 20.0 Å². The average Bonchev–Trinajstić information content (AvgIpc) is 3.06. The Morgan fingerprint density at radius 2 is 1.28 bits per heavy atom. The van der Waals surface area contributed by atoms with Crippen LogP contribution in [0.1, 0.15) is 52.7 Å². The number of carbonyl (C=O) groups excluding carboxylic acids is 1. The second-order valence-corrected chi connectivity index (χ2v) is 18.6. The molecule has 1 atom stereocenters. The van der Waals surface area contributed by atoms with Gasteiger partial charge in [-0.15, -0.1) is 0 Å². The summed E-state index contributed by atoms with van der Waals surface area (Å²) in [5, 5.41) is 4.28. The molecule has 0 spiro atoms. The number of rotatable bonds is 7. The van der Waals surface area contributed by atoms with E-state index in [1.807, 2.05) is 57.2 Å². The van der Waals surface area contributed by atoms with Crippen molar-refractivity contribution in [3.63, 3.8) is 0 Å². The first-order valence-corrected chi connectivity index (χ1v) is 18.4. The average molecular weight is 644 g/mol. The third kappa shape index (κ3) is 6.71. The van der Waals surface area contributed by atoms with Crippen LogP contribution in [0.2, 0.25) is 5.04 Å². The van der Waals surface area contributed by atoms with Crippen molar-refractivity contribution in [1.82, 2.24) is 0 Å². The smallest absolute Gasteiger partial charge is 0.414 e. The molecule has 0 aliphatic carbocycles. The number of amides is 1. The topological polar surface area (TPSA) is 48.0 Å². The molecule has 0 bridgehead atoms. The van der Waals surface area contributed by atoms with Gasteiger partial charge < -0.3 is 13.9 Å².